The average Bonchev–Trinajstić information content (AvgIpc) is 2.83. The minimum absolute atomic E-state index is 0.0470. The predicted molar refractivity (Wildman–Crippen MR) is 95.9 cm³/mol. The van der Waals surface area contributed by atoms with Gasteiger partial charge in [-0.2, -0.15) is 0 Å². The number of fused-ring (bicyclic) bond motifs is 1. The van der Waals surface area contributed by atoms with Crippen LogP contribution in [0, 0.1) is 0 Å². The number of carbonyl (C=O) groups excluding carboxylic acids is 2. The Bertz CT molecular complexity index is 882. The highest BCUT2D eigenvalue weighted by molar-refractivity contribution is 5.97. The largest absolute Gasteiger partial charge is 0.497 e. The predicted octanol–water partition coefficient (Wildman–Crippen LogP) is 1.16. The summed E-state index contributed by atoms with van der Waals surface area (Å²) >= 11 is 0. The quantitative estimate of drug-likeness (QED) is 0.833. The average molecular weight is 372 g/mol. The lowest BCUT2D eigenvalue weighted by Gasteiger charge is -2.22. The van der Waals surface area contributed by atoms with Crippen LogP contribution in [0.1, 0.15) is 26.3 Å². The number of aliphatic hydroxyl groups excluding tert-OH is 1. The van der Waals surface area contributed by atoms with Crippen molar-refractivity contribution < 1.29 is 28.9 Å². The van der Waals surface area contributed by atoms with Crippen LogP contribution in [0.3, 0.4) is 0 Å². The van der Waals surface area contributed by atoms with Gasteiger partial charge in [0.05, 0.1) is 26.3 Å². The number of carbonyl (C=O) groups is 2. The number of amides is 2. The second-order valence-electron chi connectivity index (χ2n) is 6.01. The molecular weight excluding hydrogens is 352 g/mol. The van der Waals surface area contributed by atoms with E-state index in [4.69, 9.17) is 19.9 Å². The van der Waals surface area contributed by atoms with Crippen molar-refractivity contribution in [2.45, 2.75) is 12.8 Å². The molecule has 2 aromatic rings. The molecule has 27 heavy (non-hydrogen) atoms. The van der Waals surface area contributed by atoms with Crippen LogP contribution in [0.5, 0.6) is 17.2 Å². The normalized spacial score (nSPS) is 16.0. The summed E-state index contributed by atoms with van der Waals surface area (Å²) in [6.45, 7) is 0.147. The summed E-state index contributed by atoms with van der Waals surface area (Å²) in [4.78, 5) is 25.8. The highest BCUT2D eigenvalue weighted by Crippen LogP contribution is 2.30. The second-order valence-corrected chi connectivity index (χ2v) is 6.01. The number of hydrogen-bond acceptors (Lipinski definition) is 6. The molecule has 1 unspecified atom stereocenters. The Morgan fingerprint density at radius 2 is 1.96 bits per heavy atom. The lowest BCUT2D eigenvalue weighted by atomic mass is 10.1. The van der Waals surface area contributed by atoms with Crippen LogP contribution in [-0.4, -0.2) is 48.9 Å². The molecule has 8 heteroatoms. The second kappa shape index (κ2) is 7.55. The minimum atomic E-state index is -1.25. The van der Waals surface area contributed by atoms with Crippen LogP contribution in [0.4, 0.5) is 0 Å². The summed E-state index contributed by atoms with van der Waals surface area (Å²) in [6, 6.07) is 9.55. The first-order valence-corrected chi connectivity index (χ1v) is 8.21. The SMILES string of the molecule is COc1ccc(C(=O)N2Cc3ccc(C(N)=O)cc3OC(O)C2)c(OC)c1. The molecule has 0 aliphatic carbocycles. The maximum atomic E-state index is 13.0. The van der Waals surface area contributed by atoms with E-state index in [1.807, 2.05) is 0 Å². The fraction of sp³-hybridized carbons (Fsp3) is 0.263. The van der Waals surface area contributed by atoms with Gasteiger partial charge in [0.15, 0.2) is 0 Å². The van der Waals surface area contributed by atoms with E-state index in [9.17, 15) is 14.7 Å². The van der Waals surface area contributed by atoms with Crippen molar-refractivity contribution in [1.29, 1.82) is 0 Å². The molecule has 0 saturated heterocycles. The van der Waals surface area contributed by atoms with Crippen molar-refractivity contribution in [2.75, 3.05) is 20.8 Å². The van der Waals surface area contributed by atoms with E-state index in [-0.39, 0.29) is 24.6 Å². The van der Waals surface area contributed by atoms with Crippen molar-refractivity contribution in [3.63, 3.8) is 0 Å². The van der Waals surface area contributed by atoms with Gasteiger partial charge in [-0.15, -0.1) is 0 Å². The Morgan fingerprint density at radius 3 is 2.63 bits per heavy atom. The molecule has 1 atom stereocenters. The fourth-order valence-corrected chi connectivity index (χ4v) is 2.89. The maximum Gasteiger partial charge on any atom is 0.258 e. The molecule has 1 aliphatic rings. The molecule has 0 aromatic heterocycles. The first kappa shape index (κ1) is 18.5. The third-order valence-corrected chi connectivity index (χ3v) is 4.28. The zero-order valence-electron chi connectivity index (χ0n) is 15.0. The summed E-state index contributed by atoms with van der Waals surface area (Å²) in [5, 5.41) is 10.2. The zero-order valence-corrected chi connectivity index (χ0v) is 15.0. The fourth-order valence-electron chi connectivity index (χ4n) is 2.89. The Kier molecular flexibility index (Phi) is 5.18. The number of nitrogens with zero attached hydrogens (tertiary/aromatic N) is 1. The first-order chi connectivity index (χ1) is 12.9. The Hall–Kier alpha value is -3.26. The molecule has 0 spiro atoms. The van der Waals surface area contributed by atoms with E-state index in [0.29, 0.717) is 28.4 Å². The summed E-state index contributed by atoms with van der Waals surface area (Å²) < 4.78 is 15.9. The van der Waals surface area contributed by atoms with Gasteiger partial charge in [-0.05, 0) is 24.3 Å². The standard InChI is InChI=1S/C19H20N2O6/c1-25-13-5-6-14(16(8-13)26-2)19(24)21-9-12-4-3-11(18(20)23)7-15(12)27-17(22)10-21/h3-8,17,22H,9-10H2,1-2H3,(H2,20,23). The Morgan fingerprint density at radius 1 is 1.19 bits per heavy atom. The zero-order chi connectivity index (χ0) is 19.6. The molecule has 142 valence electrons. The van der Waals surface area contributed by atoms with Gasteiger partial charge < -0.3 is 30.0 Å². The van der Waals surface area contributed by atoms with E-state index in [0.717, 1.165) is 0 Å². The van der Waals surface area contributed by atoms with Gasteiger partial charge in [-0.25, -0.2) is 0 Å². The lowest BCUT2D eigenvalue weighted by molar-refractivity contribution is -0.0310. The van der Waals surface area contributed by atoms with Crippen molar-refractivity contribution in [1.82, 2.24) is 4.90 Å². The number of aliphatic hydroxyl groups is 1. The van der Waals surface area contributed by atoms with Gasteiger partial charge in [0.2, 0.25) is 12.2 Å². The van der Waals surface area contributed by atoms with E-state index in [1.165, 1.54) is 25.2 Å². The van der Waals surface area contributed by atoms with Crippen LogP contribution in [0.25, 0.3) is 0 Å². The molecule has 0 radical (unpaired) electrons. The number of hydrogen-bond donors (Lipinski definition) is 2. The number of β-amino-alcohol motifs (C(OH)–C–C–N with tert-alkyl or cyclic N) is 1. The lowest BCUT2D eigenvalue weighted by Crippen LogP contribution is -2.37. The van der Waals surface area contributed by atoms with Crippen LogP contribution < -0.4 is 19.9 Å². The topological polar surface area (TPSA) is 111 Å². The number of methoxy groups -OCH3 is 2. The summed E-state index contributed by atoms with van der Waals surface area (Å²) in [5.74, 6) is 0.311. The van der Waals surface area contributed by atoms with E-state index >= 15 is 0 Å². The van der Waals surface area contributed by atoms with Crippen molar-refractivity contribution in [3.8, 4) is 17.2 Å². The molecule has 8 nitrogen and oxygen atoms in total. The number of primary amides is 1. The van der Waals surface area contributed by atoms with Crippen LogP contribution in [-0.2, 0) is 6.54 Å². The van der Waals surface area contributed by atoms with Crippen LogP contribution in [0.15, 0.2) is 36.4 Å². The molecule has 0 fully saturated rings. The van der Waals surface area contributed by atoms with E-state index in [1.54, 1.807) is 30.3 Å². The monoisotopic (exact) mass is 372 g/mol. The highest BCUT2D eigenvalue weighted by Gasteiger charge is 2.28. The molecule has 3 N–H and O–H groups in total. The molecular formula is C19H20N2O6. The number of benzene rings is 2. The van der Waals surface area contributed by atoms with E-state index < -0.39 is 12.2 Å². The molecule has 2 aromatic carbocycles. The van der Waals surface area contributed by atoms with Crippen molar-refractivity contribution in [3.05, 3.63) is 53.1 Å². The molecule has 0 bridgehead atoms. The Labute approximate surface area is 156 Å². The van der Waals surface area contributed by atoms with E-state index in [2.05, 4.69) is 0 Å². The summed E-state index contributed by atoms with van der Waals surface area (Å²) in [6.07, 6.45) is -1.25. The van der Waals surface area contributed by atoms with Crippen molar-refractivity contribution in [2.24, 2.45) is 5.73 Å². The smallest absolute Gasteiger partial charge is 0.258 e. The molecule has 3 rings (SSSR count). The van der Waals surface area contributed by atoms with Crippen LogP contribution in [0.2, 0.25) is 0 Å². The van der Waals surface area contributed by atoms with Crippen LogP contribution >= 0.6 is 0 Å². The third-order valence-electron chi connectivity index (χ3n) is 4.28. The van der Waals surface area contributed by atoms with Gasteiger partial charge in [-0.3, -0.25) is 9.59 Å². The summed E-state index contributed by atoms with van der Waals surface area (Å²) in [7, 11) is 2.99. The van der Waals surface area contributed by atoms with Gasteiger partial charge in [0.1, 0.15) is 17.2 Å². The minimum Gasteiger partial charge on any atom is -0.497 e. The van der Waals surface area contributed by atoms with Gasteiger partial charge in [0.25, 0.3) is 5.91 Å². The van der Waals surface area contributed by atoms with Gasteiger partial charge in [0, 0.05) is 23.7 Å². The highest BCUT2D eigenvalue weighted by atomic mass is 16.6. The van der Waals surface area contributed by atoms with Gasteiger partial charge >= 0.3 is 0 Å². The number of nitrogens with two attached hydrogens (primary N) is 1. The third kappa shape index (κ3) is 3.80. The van der Waals surface area contributed by atoms with Gasteiger partial charge in [-0.1, -0.05) is 6.07 Å². The number of ether oxygens (including phenoxy) is 3. The Balaban J connectivity index is 1.93. The van der Waals surface area contributed by atoms with Crippen molar-refractivity contribution >= 4 is 11.8 Å². The number of rotatable bonds is 4. The molecule has 1 aliphatic heterocycles. The molecule has 1 heterocycles. The molecule has 2 amide bonds. The maximum absolute atomic E-state index is 13.0. The first-order valence-electron chi connectivity index (χ1n) is 8.21. The summed E-state index contributed by atoms with van der Waals surface area (Å²) in [5.41, 5.74) is 6.53. The molecule has 0 saturated carbocycles.